The Morgan fingerprint density at radius 1 is 1.16 bits per heavy atom. The van der Waals surface area contributed by atoms with E-state index in [0.29, 0.717) is 36.0 Å². The molecule has 25 heavy (non-hydrogen) atoms. The molecule has 0 saturated heterocycles. The second kappa shape index (κ2) is 8.77. The van der Waals surface area contributed by atoms with Gasteiger partial charge in [-0.1, -0.05) is 19.1 Å². The number of hydrogen-bond donors (Lipinski definition) is 2. The number of benzene rings is 1. The number of nitrogens with zero attached hydrogens (tertiary/aromatic N) is 2. The summed E-state index contributed by atoms with van der Waals surface area (Å²) in [6, 6.07) is 8.53. The number of carbonyl (C=O) groups is 2. The molecular formula is C18H22N4O3. The normalized spacial score (nSPS) is 10.2. The molecule has 1 aromatic heterocycles. The van der Waals surface area contributed by atoms with Crippen molar-refractivity contribution >= 4 is 23.4 Å². The van der Waals surface area contributed by atoms with E-state index in [1.807, 2.05) is 6.92 Å². The molecule has 7 heteroatoms. The van der Waals surface area contributed by atoms with E-state index in [1.165, 1.54) is 0 Å². The number of rotatable bonds is 7. The van der Waals surface area contributed by atoms with Crippen molar-refractivity contribution in [1.82, 2.24) is 15.3 Å². The number of aryl methyl sites for hydroxylation is 1. The molecule has 0 bridgehead atoms. The van der Waals surface area contributed by atoms with Gasteiger partial charge in [0.2, 0.25) is 0 Å². The van der Waals surface area contributed by atoms with Gasteiger partial charge < -0.3 is 15.4 Å². The maximum atomic E-state index is 12.1. The van der Waals surface area contributed by atoms with Crippen LogP contribution >= 0.6 is 0 Å². The quantitative estimate of drug-likeness (QED) is 0.752. The van der Waals surface area contributed by atoms with Crippen molar-refractivity contribution in [2.24, 2.45) is 0 Å². The predicted octanol–water partition coefficient (Wildman–Crippen LogP) is 2.85. The summed E-state index contributed by atoms with van der Waals surface area (Å²) >= 11 is 0. The van der Waals surface area contributed by atoms with Gasteiger partial charge in [-0.25, -0.2) is 14.8 Å². The van der Waals surface area contributed by atoms with E-state index in [9.17, 15) is 9.59 Å². The fraction of sp³-hybridized carbons (Fsp3) is 0.333. The molecule has 0 aliphatic carbocycles. The number of hydrogen-bond acceptors (Lipinski definition) is 6. The third-order valence-electron chi connectivity index (χ3n) is 3.29. The Bertz CT molecular complexity index is 762. The molecule has 0 saturated carbocycles. The van der Waals surface area contributed by atoms with Crippen LogP contribution in [0.4, 0.5) is 11.5 Å². The maximum Gasteiger partial charge on any atom is 0.340 e. The van der Waals surface area contributed by atoms with Crippen molar-refractivity contribution < 1.29 is 14.3 Å². The first kappa shape index (κ1) is 18.4. The van der Waals surface area contributed by atoms with Crippen LogP contribution in [-0.2, 0) is 4.74 Å². The zero-order chi connectivity index (χ0) is 18.2. The Hall–Kier alpha value is -2.96. The van der Waals surface area contributed by atoms with Crippen LogP contribution in [0.3, 0.4) is 0 Å². The van der Waals surface area contributed by atoms with E-state index >= 15 is 0 Å². The Morgan fingerprint density at radius 3 is 2.64 bits per heavy atom. The smallest absolute Gasteiger partial charge is 0.340 e. The summed E-state index contributed by atoms with van der Waals surface area (Å²) in [5, 5.41) is 5.85. The zero-order valence-electron chi connectivity index (χ0n) is 14.6. The molecule has 0 fully saturated rings. The predicted molar refractivity (Wildman–Crippen MR) is 95.1 cm³/mol. The second-order valence-electron chi connectivity index (χ2n) is 5.33. The summed E-state index contributed by atoms with van der Waals surface area (Å²) in [5.41, 5.74) is 1.23. The van der Waals surface area contributed by atoms with Gasteiger partial charge in [-0.2, -0.15) is 0 Å². The average molecular weight is 342 g/mol. The molecular weight excluding hydrogens is 320 g/mol. The lowest BCUT2D eigenvalue weighted by atomic mass is 10.2. The van der Waals surface area contributed by atoms with Crippen LogP contribution in [0.5, 0.6) is 0 Å². The highest BCUT2D eigenvalue weighted by Gasteiger charge is 2.14. The van der Waals surface area contributed by atoms with Gasteiger partial charge in [0, 0.05) is 12.6 Å². The molecule has 0 radical (unpaired) electrons. The highest BCUT2D eigenvalue weighted by molar-refractivity contribution is 5.97. The summed E-state index contributed by atoms with van der Waals surface area (Å²) in [6.07, 6.45) is 0.841. The standard InChI is InChI=1S/C18H22N4O3/c1-4-10-19-17(23)15-11-16(21-12(3)20-15)22-14-9-7-6-8-13(14)18(24)25-5-2/h6-9,11H,4-5,10H2,1-3H3,(H,19,23)(H,20,21,22). The van der Waals surface area contributed by atoms with Crippen molar-refractivity contribution in [2.75, 3.05) is 18.5 Å². The van der Waals surface area contributed by atoms with Crippen LogP contribution < -0.4 is 10.6 Å². The van der Waals surface area contributed by atoms with Crippen LogP contribution in [0.25, 0.3) is 0 Å². The summed E-state index contributed by atoms with van der Waals surface area (Å²) < 4.78 is 5.06. The molecule has 1 aromatic carbocycles. The number of anilines is 2. The van der Waals surface area contributed by atoms with E-state index in [1.54, 1.807) is 44.2 Å². The van der Waals surface area contributed by atoms with Gasteiger partial charge in [-0.15, -0.1) is 0 Å². The number of nitrogens with one attached hydrogen (secondary N) is 2. The largest absolute Gasteiger partial charge is 0.462 e. The molecule has 0 unspecified atom stereocenters. The van der Waals surface area contributed by atoms with E-state index in [-0.39, 0.29) is 11.6 Å². The third kappa shape index (κ3) is 5.00. The number of amides is 1. The molecule has 1 heterocycles. The summed E-state index contributed by atoms with van der Waals surface area (Å²) in [7, 11) is 0. The van der Waals surface area contributed by atoms with Crippen molar-refractivity contribution in [2.45, 2.75) is 27.2 Å². The van der Waals surface area contributed by atoms with Crippen LogP contribution in [0.1, 0.15) is 46.9 Å². The first-order chi connectivity index (χ1) is 12.0. The van der Waals surface area contributed by atoms with Crippen LogP contribution in [0, 0.1) is 6.92 Å². The molecule has 0 spiro atoms. The van der Waals surface area contributed by atoms with Crippen molar-refractivity contribution in [1.29, 1.82) is 0 Å². The van der Waals surface area contributed by atoms with Crippen LogP contribution in [-0.4, -0.2) is 35.0 Å². The number of esters is 1. The first-order valence-corrected chi connectivity index (χ1v) is 8.22. The van der Waals surface area contributed by atoms with Gasteiger partial charge in [0.15, 0.2) is 0 Å². The topological polar surface area (TPSA) is 93.2 Å². The fourth-order valence-corrected chi connectivity index (χ4v) is 2.19. The van der Waals surface area contributed by atoms with Gasteiger partial charge >= 0.3 is 5.97 Å². The SMILES string of the molecule is CCCNC(=O)c1cc(Nc2ccccc2C(=O)OCC)nc(C)n1. The maximum absolute atomic E-state index is 12.1. The second-order valence-corrected chi connectivity index (χ2v) is 5.33. The zero-order valence-corrected chi connectivity index (χ0v) is 14.6. The van der Waals surface area contributed by atoms with Gasteiger partial charge in [-0.3, -0.25) is 4.79 Å². The van der Waals surface area contributed by atoms with Crippen LogP contribution in [0.2, 0.25) is 0 Å². The molecule has 0 atom stereocenters. The monoisotopic (exact) mass is 342 g/mol. The lowest BCUT2D eigenvalue weighted by molar-refractivity contribution is 0.0527. The summed E-state index contributed by atoms with van der Waals surface area (Å²) in [5.74, 6) is 0.220. The lowest BCUT2D eigenvalue weighted by Gasteiger charge is -2.12. The average Bonchev–Trinajstić information content (AvgIpc) is 2.59. The number of para-hydroxylation sites is 1. The van der Waals surface area contributed by atoms with Gasteiger partial charge in [0.25, 0.3) is 5.91 Å². The highest BCUT2D eigenvalue weighted by Crippen LogP contribution is 2.21. The number of ether oxygens (including phenoxy) is 1. The molecule has 7 nitrogen and oxygen atoms in total. The summed E-state index contributed by atoms with van der Waals surface area (Å²) in [6.45, 7) is 6.31. The minimum atomic E-state index is -0.419. The molecule has 2 N–H and O–H groups in total. The van der Waals surface area contributed by atoms with E-state index in [4.69, 9.17) is 4.74 Å². The van der Waals surface area contributed by atoms with Gasteiger partial charge in [0.05, 0.1) is 17.9 Å². The minimum absolute atomic E-state index is 0.255. The third-order valence-corrected chi connectivity index (χ3v) is 3.29. The molecule has 0 aliphatic rings. The Labute approximate surface area is 146 Å². The van der Waals surface area contributed by atoms with Gasteiger partial charge in [-0.05, 0) is 32.4 Å². The highest BCUT2D eigenvalue weighted by atomic mass is 16.5. The van der Waals surface area contributed by atoms with E-state index < -0.39 is 5.97 Å². The Balaban J connectivity index is 2.28. The molecule has 2 rings (SSSR count). The van der Waals surface area contributed by atoms with E-state index in [2.05, 4.69) is 20.6 Å². The Morgan fingerprint density at radius 2 is 1.92 bits per heavy atom. The number of aromatic nitrogens is 2. The summed E-state index contributed by atoms with van der Waals surface area (Å²) in [4.78, 5) is 32.6. The molecule has 0 aliphatic heterocycles. The number of carbonyl (C=O) groups excluding carboxylic acids is 2. The van der Waals surface area contributed by atoms with Crippen molar-refractivity contribution in [3.05, 3.63) is 47.4 Å². The molecule has 132 valence electrons. The molecule has 1 amide bonds. The van der Waals surface area contributed by atoms with E-state index in [0.717, 1.165) is 6.42 Å². The van der Waals surface area contributed by atoms with Crippen molar-refractivity contribution in [3.8, 4) is 0 Å². The first-order valence-electron chi connectivity index (χ1n) is 8.22. The lowest BCUT2D eigenvalue weighted by Crippen LogP contribution is -2.25. The van der Waals surface area contributed by atoms with Gasteiger partial charge in [0.1, 0.15) is 17.3 Å². The van der Waals surface area contributed by atoms with Crippen molar-refractivity contribution in [3.63, 3.8) is 0 Å². The van der Waals surface area contributed by atoms with Crippen LogP contribution in [0.15, 0.2) is 30.3 Å². The molecule has 2 aromatic rings. The fourth-order valence-electron chi connectivity index (χ4n) is 2.19. The minimum Gasteiger partial charge on any atom is -0.462 e. The Kier molecular flexibility index (Phi) is 6.45.